The van der Waals surface area contributed by atoms with Gasteiger partial charge < -0.3 is 15.5 Å². The molecule has 2 amide bonds. The van der Waals surface area contributed by atoms with Gasteiger partial charge in [-0.15, -0.1) is 5.10 Å². The summed E-state index contributed by atoms with van der Waals surface area (Å²) in [6.07, 6.45) is 1.53. The summed E-state index contributed by atoms with van der Waals surface area (Å²) in [6, 6.07) is 18.6. The number of carbonyl (C=O) groups is 2. The maximum absolute atomic E-state index is 13.9. The van der Waals surface area contributed by atoms with Crippen molar-refractivity contribution in [2.75, 3.05) is 13.1 Å². The summed E-state index contributed by atoms with van der Waals surface area (Å²) in [7, 11) is 1.82. The third-order valence-electron chi connectivity index (χ3n) is 8.32. The lowest BCUT2D eigenvalue weighted by Gasteiger charge is -2.27. The van der Waals surface area contributed by atoms with E-state index >= 15 is 0 Å². The smallest absolute Gasteiger partial charge is 0.243 e. The number of fused-ring (bicyclic) bond motifs is 1. The predicted molar refractivity (Wildman–Crippen MR) is 150 cm³/mol. The van der Waals surface area contributed by atoms with Gasteiger partial charge in [-0.05, 0) is 72.1 Å². The molecule has 4 unspecified atom stereocenters. The Labute approximate surface area is 236 Å². The molecular weight excluding hydrogens is 526 g/mol. The maximum atomic E-state index is 13.9. The summed E-state index contributed by atoms with van der Waals surface area (Å²) in [5.41, 5.74) is 4.34. The van der Waals surface area contributed by atoms with E-state index in [0.29, 0.717) is 37.9 Å². The molecule has 0 aliphatic carbocycles. The molecule has 4 aromatic rings. The molecule has 212 valence electrons. The van der Waals surface area contributed by atoms with Crippen molar-refractivity contribution in [3.8, 4) is 0 Å². The number of likely N-dealkylation sites (tertiary alicyclic amines) is 1. The second-order valence-corrected chi connectivity index (χ2v) is 11.1. The molecular formula is C31H32F2N6O2. The highest BCUT2D eigenvalue weighted by Gasteiger charge is 2.43. The van der Waals surface area contributed by atoms with Gasteiger partial charge >= 0.3 is 0 Å². The number of nitrogens with one attached hydrogen (secondary N) is 2. The average molecular weight is 559 g/mol. The Kier molecular flexibility index (Phi) is 7.49. The zero-order valence-electron chi connectivity index (χ0n) is 22.8. The van der Waals surface area contributed by atoms with Crippen LogP contribution in [0, 0.1) is 17.6 Å². The molecule has 2 aliphatic rings. The number of benzene rings is 3. The molecule has 2 saturated heterocycles. The van der Waals surface area contributed by atoms with Gasteiger partial charge in [0.25, 0.3) is 0 Å². The quantitative estimate of drug-likeness (QED) is 0.363. The molecule has 41 heavy (non-hydrogen) atoms. The van der Waals surface area contributed by atoms with Crippen LogP contribution in [-0.2, 0) is 29.6 Å². The first-order chi connectivity index (χ1) is 19.9. The van der Waals surface area contributed by atoms with E-state index in [2.05, 4.69) is 33.1 Å². The minimum absolute atomic E-state index is 0.0678. The normalized spacial score (nSPS) is 22.4. The van der Waals surface area contributed by atoms with Crippen molar-refractivity contribution in [3.05, 3.63) is 95.1 Å². The Balaban J connectivity index is 1.17. The SMILES string of the molecule is Cn1nnc2cc(CNC(=O)C3CC(Cc4ccc(F)c(F)c4)CN3C(=O)C3CC(c4ccccc4)CN3)ccc21. The molecule has 0 radical (unpaired) electrons. The number of nitrogens with zero attached hydrogens (tertiary/aromatic N) is 4. The minimum Gasteiger partial charge on any atom is -0.350 e. The molecule has 8 nitrogen and oxygen atoms in total. The first-order valence-electron chi connectivity index (χ1n) is 13.9. The van der Waals surface area contributed by atoms with Crippen LogP contribution in [0.1, 0.15) is 35.4 Å². The zero-order valence-corrected chi connectivity index (χ0v) is 22.8. The van der Waals surface area contributed by atoms with Crippen molar-refractivity contribution < 1.29 is 18.4 Å². The largest absolute Gasteiger partial charge is 0.350 e. The molecule has 3 aromatic carbocycles. The van der Waals surface area contributed by atoms with Crippen LogP contribution in [0.15, 0.2) is 66.7 Å². The number of aryl methyl sites for hydroxylation is 1. The summed E-state index contributed by atoms with van der Waals surface area (Å²) in [5, 5.41) is 14.5. The van der Waals surface area contributed by atoms with Crippen molar-refractivity contribution in [2.24, 2.45) is 13.0 Å². The summed E-state index contributed by atoms with van der Waals surface area (Å²) in [5.74, 6) is -1.98. The van der Waals surface area contributed by atoms with Crippen molar-refractivity contribution in [1.82, 2.24) is 30.5 Å². The zero-order chi connectivity index (χ0) is 28.5. The van der Waals surface area contributed by atoms with Crippen LogP contribution in [0.4, 0.5) is 8.78 Å². The molecule has 4 atom stereocenters. The van der Waals surface area contributed by atoms with Gasteiger partial charge in [-0.25, -0.2) is 13.5 Å². The van der Waals surface area contributed by atoms with E-state index in [0.717, 1.165) is 22.7 Å². The first-order valence-corrected chi connectivity index (χ1v) is 13.9. The van der Waals surface area contributed by atoms with Crippen LogP contribution >= 0.6 is 0 Å². The maximum Gasteiger partial charge on any atom is 0.243 e. The van der Waals surface area contributed by atoms with Crippen molar-refractivity contribution in [1.29, 1.82) is 0 Å². The summed E-state index contributed by atoms with van der Waals surface area (Å²) in [4.78, 5) is 29.0. The fourth-order valence-corrected chi connectivity index (χ4v) is 6.17. The van der Waals surface area contributed by atoms with Crippen LogP contribution in [0.2, 0.25) is 0 Å². The standard InChI is InChI=1S/C31H32F2N6O2/c1-38-28-10-8-20(13-26(28)36-37-38)16-35-30(40)29-14-21(11-19-7-9-24(32)25(33)12-19)18-39(29)31(41)27-15-23(17-34-27)22-5-3-2-4-6-22/h2-10,12-13,21,23,27,29,34H,11,14-18H2,1H3,(H,35,40). The molecule has 3 heterocycles. The first kappa shape index (κ1) is 27.0. The highest BCUT2D eigenvalue weighted by atomic mass is 19.2. The fraction of sp³-hybridized carbons (Fsp3) is 0.355. The van der Waals surface area contributed by atoms with Crippen LogP contribution in [0.25, 0.3) is 11.0 Å². The molecule has 0 bridgehead atoms. The Bertz CT molecular complexity index is 1580. The third kappa shape index (κ3) is 5.69. The number of hydrogen-bond acceptors (Lipinski definition) is 5. The van der Waals surface area contributed by atoms with E-state index in [4.69, 9.17) is 0 Å². The average Bonchev–Trinajstić information content (AvgIpc) is 3.73. The van der Waals surface area contributed by atoms with Crippen LogP contribution in [0.3, 0.4) is 0 Å². The second kappa shape index (κ2) is 11.4. The number of halogens is 2. The molecule has 10 heteroatoms. The molecule has 6 rings (SSSR count). The van der Waals surface area contributed by atoms with Gasteiger partial charge in [0.2, 0.25) is 11.8 Å². The van der Waals surface area contributed by atoms with Crippen LogP contribution in [0.5, 0.6) is 0 Å². The lowest BCUT2D eigenvalue weighted by molar-refractivity contribution is -0.139. The molecule has 1 aromatic heterocycles. The Morgan fingerprint density at radius 2 is 1.80 bits per heavy atom. The van der Waals surface area contributed by atoms with Crippen LogP contribution in [-0.4, -0.2) is 56.9 Å². The third-order valence-corrected chi connectivity index (χ3v) is 8.32. The van der Waals surface area contributed by atoms with E-state index < -0.39 is 23.7 Å². The van der Waals surface area contributed by atoms with Gasteiger partial charge in [0.15, 0.2) is 11.6 Å². The number of aromatic nitrogens is 3. The van der Waals surface area contributed by atoms with Gasteiger partial charge in [0.05, 0.1) is 11.6 Å². The number of amides is 2. The van der Waals surface area contributed by atoms with Gasteiger partial charge in [-0.3, -0.25) is 9.59 Å². The topological polar surface area (TPSA) is 92.2 Å². The highest BCUT2D eigenvalue weighted by Crippen LogP contribution is 2.31. The summed E-state index contributed by atoms with van der Waals surface area (Å²) >= 11 is 0. The lowest BCUT2D eigenvalue weighted by Crippen LogP contribution is -2.51. The van der Waals surface area contributed by atoms with Gasteiger partial charge in [0, 0.05) is 26.7 Å². The monoisotopic (exact) mass is 558 g/mol. The van der Waals surface area contributed by atoms with E-state index in [9.17, 15) is 18.4 Å². The molecule has 2 N–H and O–H groups in total. The number of hydrogen-bond donors (Lipinski definition) is 2. The molecule has 2 fully saturated rings. The number of carbonyl (C=O) groups excluding carboxylic acids is 2. The van der Waals surface area contributed by atoms with Crippen molar-refractivity contribution in [3.63, 3.8) is 0 Å². The second-order valence-electron chi connectivity index (χ2n) is 11.1. The number of rotatable bonds is 7. The molecule has 0 saturated carbocycles. The van der Waals surface area contributed by atoms with Crippen molar-refractivity contribution in [2.45, 2.75) is 43.8 Å². The van der Waals surface area contributed by atoms with Crippen LogP contribution < -0.4 is 10.6 Å². The predicted octanol–water partition coefficient (Wildman–Crippen LogP) is 3.47. The lowest BCUT2D eigenvalue weighted by atomic mass is 9.96. The highest BCUT2D eigenvalue weighted by molar-refractivity contribution is 5.90. The van der Waals surface area contributed by atoms with E-state index in [-0.39, 0.29) is 30.2 Å². The Hall–Kier alpha value is -4.18. The van der Waals surface area contributed by atoms with E-state index in [1.54, 1.807) is 15.6 Å². The Morgan fingerprint density at radius 3 is 2.61 bits per heavy atom. The van der Waals surface area contributed by atoms with Gasteiger partial charge in [-0.1, -0.05) is 47.7 Å². The van der Waals surface area contributed by atoms with E-state index in [1.165, 1.54) is 11.6 Å². The summed E-state index contributed by atoms with van der Waals surface area (Å²) < 4.78 is 29.1. The minimum atomic E-state index is -0.898. The van der Waals surface area contributed by atoms with E-state index in [1.807, 2.05) is 43.4 Å². The molecule has 2 aliphatic heterocycles. The summed E-state index contributed by atoms with van der Waals surface area (Å²) in [6.45, 7) is 1.35. The molecule has 0 spiro atoms. The Morgan fingerprint density at radius 1 is 1.00 bits per heavy atom. The fourth-order valence-electron chi connectivity index (χ4n) is 6.17. The van der Waals surface area contributed by atoms with Gasteiger partial charge in [0.1, 0.15) is 11.6 Å². The van der Waals surface area contributed by atoms with Crippen molar-refractivity contribution >= 4 is 22.8 Å². The van der Waals surface area contributed by atoms with Gasteiger partial charge in [-0.2, -0.15) is 0 Å².